The highest BCUT2D eigenvalue weighted by atomic mass is 79.9. The Hall–Kier alpha value is -0.950. The first kappa shape index (κ1) is 14.5. The van der Waals surface area contributed by atoms with E-state index in [0.29, 0.717) is 5.69 Å². The first-order valence-corrected chi connectivity index (χ1v) is 7.94. The van der Waals surface area contributed by atoms with E-state index in [1.165, 1.54) is 4.90 Å². The van der Waals surface area contributed by atoms with Crippen LogP contribution in [0.4, 0.5) is 9.57 Å². The number of benzene rings is 1. The minimum Gasteiger partial charge on any atom is -0.311 e. The van der Waals surface area contributed by atoms with Crippen molar-refractivity contribution in [1.29, 1.82) is 0 Å². The van der Waals surface area contributed by atoms with Crippen molar-refractivity contribution in [2.75, 3.05) is 11.4 Å². The van der Waals surface area contributed by atoms with E-state index in [1.807, 2.05) is 13.8 Å². The van der Waals surface area contributed by atoms with Crippen molar-refractivity contribution in [3.05, 3.63) is 27.7 Å². The topological polar surface area (TPSA) is 54.5 Å². The van der Waals surface area contributed by atoms with Gasteiger partial charge in [0.1, 0.15) is 5.25 Å². The zero-order valence-corrected chi connectivity index (χ0v) is 12.9. The van der Waals surface area contributed by atoms with Crippen LogP contribution >= 0.6 is 15.9 Å². The highest BCUT2D eigenvalue weighted by Gasteiger charge is 2.39. The largest absolute Gasteiger partial charge is 0.311 e. The Bertz CT molecular complexity index is 621. The summed E-state index contributed by atoms with van der Waals surface area (Å²) in [4.78, 5) is 13.2. The Labute approximate surface area is 119 Å². The minimum atomic E-state index is -4.68. The van der Waals surface area contributed by atoms with Crippen LogP contribution in [0, 0.1) is 13.8 Å². The van der Waals surface area contributed by atoms with Gasteiger partial charge in [-0.25, -0.2) is 0 Å². The zero-order chi connectivity index (χ0) is 14.4. The average Bonchev–Trinajstić information content (AvgIpc) is 2.67. The molecule has 2 rings (SSSR count). The van der Waals surface area contributed by atoms with Gasteiger partial charge in [-0.05, 0) is 37.1 Å². The fourth-order valence-electron chi connectivity index (χ4n) is 2.19. The molecule has 0 radical (unpaired) electrons. The molecular weight excluding hydrogens is 337 g/mol. The van der Waals surface area contributed by atoms with Gasteiger partial charge in [0.15, 0.2) is 0 Å². The fraction of sp³-hybridized carbons (Fsp3) is 0.417. The molecule has 1 aromatic rings. The van der Waals surface area contributed by atoms with Gasteiger partial charge in [0.25, 0.3) is 0 Å². The van der Waals surface area contributed by atoms with E-state index in [4.69, 9.17) is 0 Å². The Morgan fingerprint density at radius 3 is 2.26 bits per heavy atom. The number of rotatable bonds is 2. The van der Waals surface area contributed by atoms with Crippen LogP contribution in [-0.2, 0) is 15.0 Å². The van der Waals surface area contributed by atoms with Crippen molar-refractivity contribution in [1.82, 2.24) is 0 Å². The number of nitrogens with zero attached hydrogens (tertiary/aromatic N) is 1. The molecule has 0 aromatic heterocycles. The van der Waals surface area contributed by atoms with E-state index in [1.54, 1.807) is 12.1 Å². The van der Waals surface area contributed by atoms with E-state index in [9.17, 15) is 17.1 Å². The molecule has 1 amide bonds. The van der Waals surface area contributed by atoms with Gasteiger partial charge in [0.05, 0.1) is 0 Å². The first-order valence-electron chi connectivity index (χ1n) is 5.70. The lowest BCUT2D eigenvalue weighted by atomic mass is 10.1. The molecule has 0 spiro atoms. The monoisotopic (exact) mass is 349 g/mol. The second-order valence-electron chi connectivity index (χ2n) is 4.70. The van der Waals surface area contributed by atoms with E-state index in [2.05, 4.69) is 15.9 Å². The normalized spacial score (nSPS) is 20.1. The summed E-state index contributed by atoms with van der Waals surface area (Å²) in [5.41, 5.74) is 2.48. The number of anilines is 1. The SMILES string of the molecule is Cc1cc(N2CC(S(=O)(=O)F)CC2=O)cc(C)c1Br. The third kappa shape index (κ3) is 2.81. The van der Waals surface area contributed by atoms with Crippen molar-refractivity contribution in [3.8, 4) is 0 Å². The number of halogens is 2. The van der Waals surface area contributed by atoms with Gasteiger partial charge in [-0.1, -0.05) is 15.9 Å². The van der Waals surface area contributed by atoms with Gasteiger partial charge in [-0.15, -0.1) is 3.89 Å². The first-order chi connectivity index (χ1) is 8.70. The number of carbonyl (C=O) groups excluding carboxylic acids is 1. The summed E-state index contributed by atoms with van der Waals surface area (Å²) >= 11 is 3.42. The predicted octanol–water partition coefficient (Wildman–Crippen LogP) is 2.47. The molecule has 0 bridgehead atoms. The summed E-state index contributed by atoms with van der Waals surface area (Å²) in [6.45, 7) is 3.63. The smallest absolute Gasteiger partial charge is 0.307 e. The van der Waals surface area contributed by atoms with E-state index in [0.717, 1.165) is 15.6 Å². The van der Waals surface area contributed by atoms with Crippen LogP contribution in [0.2, 0.25) is 0 Å². The molecule has 1 aromatic carbocycles. The molecule has 1 saturated heterocycles. The molecule has 0 aliphatic carbocycles. The summed E-state index contributed by atoms with van der Waals surface area (Å²) in [6.07, 6.45) is -0.299. The molecule has 0 N–H and O–H groups in total. The third-order valence-corrected chi connectivity index (χ3v) is 5.58. The predicted molar refractivity (Wildman–Crippen MR) is 74.4 cm³/mol. The average molecular weight is 350 g/mol. The Balaban J connectivity index is 2.36. The maximum atomic E-state index is 13.0. The number of hydrogen-bond donors (Lipinski definition) is 0. The van der Waals surface area contributed by atoms with Crippen LogP contribution in [0.5, 0.6) is 0 Å². The molecule has 19 heavy (non-hydrogen) atoms. The van der Waals surface area contributed by atoms with Gasteiger partial charge in [-0.2, -0.15) is 8.42 Å². The quantitative estimate of drug-likeness (QED) is 0.770. The molecule has 1 fully saturated rings. The molecule has 1 heterocycles. The lowest BCUT2D eigenvalue weighted by Crippen LogP contribution is -2.27. The summed E-state index contributed by atoms with van der Waals surface area (Å²) in [6, 6.07) is 3.56. The lowest BCUT2D eigenvalue weighted by Gasteiger charge is -2.18. The molecule has 1 aliphatic heterocycles. The zero-order valence-electron chi connectivity index (χ0n) is 10.5. The fourth-order valence-corrected chi connectivity index (χ4v) is 3.09. The number of hydrogen-bond acceptors (Lipinski definition) is 3. The van der Waals surface area contributed by atoms with Crippen LogP contribution in [0.1, 0.15) is 17.5 Å². The van der Waals surface area contributed by atoms with Crippen LogP contribution in [-0.4, -0.2) is 26.1 Å². The van der Waals surface area contributed by atoms with Crippen molar-refractivity contribution < 1.29 is 17.1 Å². The molecular formula is C12H13BrFNO3S. The van der Waals surface area contributed by atoms with Gasteiger partial charge in [-0.3, -0.25) is 4.79 Å². The molecule has 4 nitrogen and oxygen atoms in total. The highest BCUT2D eigenvalue weighted by Crippen LogP contribution is 2.31. The number of amides is 1. The van der Waals surface area contributed by atoms with Crippen LogP contribution in [0.15, 0.2) is 16.6 Å². The van der Waals surface area contributed by atoms with Crippen LogP contribution in [0.25, 0.3) is 0 Å². The van der Waals surface area contributed by atoms with E-state index < -0.39 is 15.5 Å². The van der Waals surface area contributed by atoms with Crippen molar-refractivity contribution >= 4 is 37.7 Å². The van der Waals surface area contributed by atoms with Crippen molar-refractivity contribution in [3.63, 3.8) is 0 Å². The molecule has 104 valence electrons. The Morgan fingerprint density at radius 2 is 1.84 bits per heavy atom. The molecule has 0 saturated carbocycles. The number of carbonyl (C=O) groups is 1. The van der Waals surface area contributed by atoms with Crippen molar-refractivity contribution in [2.45, 2.75) is 25.5 Å². The minimum absolute atomic E-state index is 0.127. The lowest BCUT2D eigenvalue weighted by molar-refractivity contribution is -0.117. The third-order valence-electron chi connectivity index (χ3n) is 3.22. The van der Waals surface area contributed by atoms with E-state index >= 15 is 0 Å². The second kappa shape index (κ2) is 4.86. The maximum Gasteiger partial charge on any atom is 0.307 e. The van der Waals surface area contributed by atoms with Crippen LogP contribution in [0.3, 0.4) is 0 Å². The van der Waals surface area contributed by atoms with Crippen molar-refractivity contribution in [2.24, 2.45) is 0 Å². The van der Waals surface area contributed by atoms with Gasteiger partial charge in [0.2, 0.25) is 5.91 Å². The number of aryl methyl sites for hydroxylation is 2. The summed E-state index contributed by atoms with van der Waals surface area (Å²) in [5.74, 6) is -0.368. The molecule has 1 unspecified atom stereocenters. The summed E-state index contributed by atoms with van der Waals surface area (Å²) in [7, 11) is -4.68. The summed E-state index contributed by atoms with van der Waals surface area (Å²) < 4.78 is 35.7. The molecule has 1 aliphatic rings. The second-order valence-corrected chi connectivity index (χ2v) is 7.11. The highest BCUT2D eigenvalue weighted by molar-refractivity contribution is 9.10. The molecule has 7 heteroatoms. The van der Waals surface area contributed by atoms with Gasteiger partial charge < -0.3 is 4.90 Å². The Morgan fingerprint density at radius 1 is 1.32 bits per heavy atom. The standard InChI is InChI=1S/C12H13BrFNO3S/c1-7-3-9(4-8(2)12(7)13)15-6-10(5-11(15)16)19(14,17)18/h3-4,10H,5-6H2,1-2H3. The maximum absolute atomic E-state index is 13.0. The van der Waals surface area contributed by atoms with Gasteiger partial charge in [0, 0.05) is 23.1 Å². The van der Waals surface area contributed by atoms with Crippen LogP contribution < -0.4 is 4.90 Å². The summed E-state index contributed by atoms with van der Waals surface area (Å²) in [5, 5.41) is -1.26. The van der Waals surface area contributed by atoms with Gasteiger partial charge >= 0.3 is 10.2 Å². The Kier molecular flexibility index (Phi) is 3.70. The van der Waals surface area contributed by atoms with E-state index in [-0.39, 0.29) is 18.9 Å². The molecule has 1 atom stereocenters.